The largest absolute Gasteiger partial charge is 0.332 e. The molecule has 0 aliphatic heterocycles. The van der Waals surface area contributed by atoms with Gasteiger partial charge in [0.05, 0.1) is 10.6 Å². The molecule has 0 aliphatic carbocycles. The molecule has 0 bridgehead atoms. The first-order chi connectivity index (χ1) is 13.9. The maximum absolute atomic E-state index is 12.9. The number of nitrogens with zero attached hydrogens (tertiary/aromatic N) is 5. The van der Waals surface area contributed by atoms with Crippen molar-refractivity contribution in [2.24, 2.45) is 14.1 Å². The number of imidazole rings is 2. The van der Waals surface area contributed by atoms with Crippen LogP contribution in [-0.4, -0.2) is 23.1 Å². The second kappa shape index (κ2) is 6.05. The lowest BCUT2D eigenvalue weighted by Crippen LogP contribution is -2.37. The summed E-state index contributed by atoms with van der Waals surface area (Å²) in [6, 6.07) is 10.4. The van der Waals surface area contributed by atoms with E-state index in [4.69, 9.17) is 4.98 Å². The van der Waals surface area contributed by atoms with Crippen LogP contribution in [0, 0.1) is 13.8 Å². The van der Waals surface area contributed by atoms with E-state index in [0.29, 0.717) is 16.9 Å². The van der Waals surface area contributed by atoms with Crippen LogP contribution in [0.3, 0.4) is 0 Å². The maximum Gasteiger partial charge on any atom is 0.332 e. The summed E-state index contributed by atoms with van der Waals surface area (Å²) >= 11 is 1.63. The van der Waals surface area contributed by atoms with E-state index in [-0.39, 0.29) is 11.2 Å². The van der Waals surface area contributed by atoms with Gasteiger partial charge in [-0.05, 0) is 48.6 Å². The highest BCUT2D eigenvalue weighted by atomic mass is 32.1. The van der Waals surface area contributed by atoms with Crippen molar-refractivity contribution >= 4 is 28.3 Å². The second-order valence-electron chi connectivity index (χ2n) is 7.33. The van der Waals surface area contributed by atoms with Gasteiger partial charge in [-0.15, -0.1) is 11.3 Å². The quantitative estimate of drug-likeness (QED) is 0.453. The van der Waals surface area contributed by atoms with Gasteiger partial charge in [0.2, 0.25) is 5.78 Å². The first-order valence-corrected chi connectivity index (χ1v) is 10.1. The van der Waals surface area contributed by atoms with Gasteiger partial charge in [-0.3, -0.25) is 22.9 Å². The third-order valence-corrected chi connectivity index (χ3v) is 6.10. The summed E-state index contributed by atoms with van der Waals surface area (Å²) < 4.78 is 6.38. The number of aryl methyl sites for hydroxylation is 3. The van der Waals surface area contributed by atoms with E-state index >= 15 is 0 Å². The maximum atomic E-state index is 12.9. The molecule has 0 aliphatic rings. The van der Waals surface area contributed by atoms with Crippen LogP contribution in [0.5, 0.6) is 0 Å². The van der Waals surface area contributed by atoms with Crippen LogP contribution in [0.15, 0.2) is 51.5 Å². The van der Waals surface area contributed by atoms with E-state index in [0.717, 1.165) is 32.0 Å². The third-order valence-electron chi connectivity index (χ3n) is 5.20. The molecule has 0 saturated heterocycles. The topological polar surface area (TPSA) is 66.2 Å². The van der Waals surface area contributed by atoms with E-state index in [2.05, 4.69) is 42.7 Å². The Balaban J connectivity index is 2.00. The van der Waals surface area contributed by atoms with Crippen molar-refractivity contribution in [2.45, 2.75) is 13.8 Å². The zero-order chi connectivity index (χ0) is 20.4. The highest BCUT2D eigenvalue weighted by molar-refractivity contribution is 7.13. The smallest absolute Gasteiger partial charge is 0.279 e. The standard InChI is InChI=1S/C21H19N5O2S/c1-12-8-13(2)10-14(9-12)26-15(16-6-5-7-29-16)11-25-17-18(22-20(25)26)23(3)21(28)24(4)19(17)27/h5-11H,1-4H3. The van der Waals surface area contributed by atoms with Crippen molar-refractivity contribution in [3.05, 3.63) is 73.9 Å². The van der Waals surface area contributed by atoms with Crippen molar-refractivity contribution in [1.82, 2.24) is 23.1 Å². The Morgan fingerprint density at radius 1 is 1.00 bits per heavy atom. The van der Waals surface area contributed by atoms with Crippen molar-refractivity contribution in [1.29, 1.82) is 0 Å². The molecular weight excluding hydrogens is 386 g/mol. The summed E-state index contributed by atoms with van der Waals surface area (Å²) in [6.45, 7) is 4.12. The van der Waals surface area contributed by atoms with Crippen LogP contribution in [0.4, 0.5) is 0 Å². The highest BCUT2D eigenvalue weighted by Crippen LogP contribution is 2.32. The average Bonchev–Trinajstić information content (AvgIpc) is 3.38. The molecule has 146 valence electrons. The van der Waals surface area contributed by atoms with Gasteiger partial charge in [-0.2, -0.15) is 4.98 Å². The molecule has 4 aromatic heterocycles. The summed E-state index contributed by atoms with van der Waals surface area (Å²) in [7, 11) is 3.13. The fourth-order valence-corrected chi connectivity index (χ4v) is 4.63. The monoisotopic (exact) mass is 405 g/mol. The van der Waals surface area contributed by atoms with Gasteiger partial charge in [0.25, 0.3) is 5.56 Å². The summed E-state index contributed by atoms with van der Waals surface area (Å²) in [5, 5.41) is 2.03. The van der Waals surface area contributed by atoms with Crippen molar-refractivity contribution in [2.75, 3.05) is 0 Å². The lowest BCUT2D eigenvalue weighted by atomic mass is 10.1. The van der Waals surface area contributed by atoms with Gasteiger partial charge in [0, 0.05) is 26.0 Å². The van der Waals surface area contributed by atoms with Gasteiger partial charge in [-0.1, -0.05) is 12.1 Å². The minimum atomic E-state index is -0.389. The van der Waals surface area contributed by atoms with E-state index in [1.165, 1.54) is 11.6 Å². The Morgan fingerprint density at radius 3 is 2.38 bits per heavy atom. The zero-order valence-corrected chi connectivity index (χ0v) is 17.3. The average molecular weight is 405 g/mol. The lowest BCUT2D eigenvalue weighted by Gasteiger charge is -2.10. The predicted molar refractivity (Wildman–Crippen MR) is 115 cm³/mol. The molecule has 5 aromatic rings. The SMILES string of the molecule is Cc1cc(C)cc(-n2c(-c3cccs3)cn3c4c(=O)n(C)c(=O)n(C)c4nc23)c1. The zero-order valence-electron chi connectivity index (χ0n) is 16.5. The molecule has 0 radical (unpaired) electrons. The van der Waals surface area contributed by atoms with Crippen LogP contribution in [0.25, 0.3) is 33.2 Å². The van der Waals surface area contributed by atoms with Gasteiger partial charge >= 0.3 is 5.69 Å². The van der Waals surface area contributed by atoms with Crippen LogP contribution >= 0.6 is 11.3 Å². The lowest BCUT2D eigenvalue weighted by molar-refractivity contribution is 0.708. The van der Waals surface area contributed by atoms with Gasteiger partial charge in [-0.25, -0.2) is 4.79 Å². The highest BCUT2D eigenvalue weighted by Gasteiger charge is 2.22. The molecule has 0 fully saturated rings. The fraction of sp³-hybridized carbons (Fsp3) is 0.190. The van der Waals surface area contributed by atoms with Gasteiger partial charge in [0.15, 0.2) is 11.2 Å². The van der Waals surface area contributed by atoms with Crippen LogP contribution in [0.2, 0.25) is 0 Å². The van der Waals surface area contributed by atoms with Gasteiger partial charge < -0.3 is 0 Å². The Kier molecular flexibility index (Phi) is 3.69. The summed E-state index contributed by atoms with van der Waals surface area (Å²) in [5.74, 6) is 0.603. The molecule has 0 atom stereocenters. The molecule has 0 saturated carbocycles. The summed E-state index contributed by atoms with van der Waals surface area (Å²) in [5.41, 5.74) is 4.23. The predicted octanol–water partition coefficient (Wildman–Crippen LogP) is 3.02. The Hall–Kier alpha value is -3.39. The first kappa shape index (κ1) is 17.7. The minimum absolute atomic E-state index is 0.356. The van der Waals surface area contributed by atoms with E-state index in [1.807, 2.05) is 17.6 Å². The first-order valence-electron chi connectivity index (χ1n) is 9.19. The Labute approximate surface area is 169 Å². The van der Waals surface area contributed by atoms with Gasteiger partial charge in [0.1, 0.15) is 0 Å². The van der Waals surface area contributed by atoms with E-state index in [1.54, 1.807) is 22.8 Å². The van der Waals surface area contributed by atoms with E-state index in [9.17, 15) is 9.59 Å². The molecule has 7 nitrogen and oxygen atoms in total. The summed E-state index contributed by atoms with van der Waals surface area (Å²) in [6.07, 6.45) is 1.93. The Bertz CT molecular complexity index is 1510. The van der Waals surface area contributed by atoms with E-state index < -0.39 is 0 Å². The van der Waals surface area contributed by atoms with Crippen molar-refractivity contribution in [3.8, 4) is 16.3 Å². The molecule has 1 aromatic carbocycles. The van der Waals surface area contributed by atoms with Crippen molar-refractivity contribution in [3.63, 3.8) is 0 Å². The normalized spacial score (nSPS) is 11.7. The summed E-state index contributed by atoms with van der Waals surface area (Å²) in [4.78, 5) is 31.1. The molecule has 0 spiro atoms. The minimum Gasteiger partial charge on any atom is -0.279 e. The number of aromatic nitrogens is 5. The molecule has 0 amide bonds. The number of rotatable bonds is 2. The molecule has 29 heavy (non-hydrogen) atoms. The molecule has 4 heterocycles. The van der Waals surface area contributed by atoms with Crippen LogP contribution < -0.4 is 11.2 Å². The van der Waals surface area contributed by atoms with Crippen LogP contribution in [-0.2, 0) is 14.1 Å². The number of fused-ring (bicyclic) bond motifs is 3. The second-order valence-corrected chi connectivity index (χ2v) is 8.28. The molecular formula is C21H19N5O2S. The third kappa shape index (κ3) is 2.45. The van der Waals surface area contributed by atoms with Crippen LogP contribution in [0.1, 0.15) is 11.1 Å². The number of thiophene rings is 1. The molecule has 5 rings (SSSR count). The Morgan fingerprint density at radius 2 is 1.72 bits per heavy atom. The molecule has 8 heteroatoms. The number of benzene rings is 1. The van der Waals surface area contributed by atoms with Crippen molar-refractivity contribution < 1.29 is 0 Å². The fourth-order valence-electron chi connectivity index (χ4n) is 3.90. The molecule has 0 N–H and O–H groups in total. The molecule has 0 unspecified atom stereocenters. The number of hydrogen-bond acceptors (Lipinski definition) is 4. The number of hydrogen-bond donors (Lipinski definition) is 0.